The van der Waals surface area contributed by atoms with Gasteiger partial charge in [-0.1, -0.05) is 66.7 Å². The van der Waals surface area contributed by atoms with Crippen molar-refractivity contribution in [1.29, 1.82) is 0 Å². The van der Waals surface area contributed by atoms with Crippen LogP contribution in [0.3, 0.4) is 0 Å². The van der Waals surface area contributed by atoms with Gasteiger partial charge in [0.1, 0.15) is 0 Å². The van der Waals surface area contributed by atoms with Crippen LogP contribution in [0.15, 0.2) is 127 Å². The zero-order valence-corrected chi connectivity index (χ0v) is 21.7. The van der Waals surface area contributed by atoms with Gasteiger partial charge in [-0.15, -0.1) is 11.3 Å². The van der Waals surface area contributed by atoms with Crippen molar-refractivity contribution in [3.8, 4) is 11.4 Å². The number of para-hydroxylation sites is 2. The van der Waals surface area contributed by atoms with Crippen LogP contribution >= 0.6 is 11.3 Å². The number of rotatable bonds is 2. The maximum atomic E-state index is 4.51. The molecule has 9 rings (SSSR count). The molecule has 4 heteroatoms. The van der Waals surface area contributed by atoms with Gasteiger partial charge in [0.15, 0.2) is 0 Å². The summed E-state index contributed by atoms with van der Waals surface area (Å²) in [6.45, 7) is 0. The molecular formula is C35H21N3S. The van der Waals surface area contributed by atoms with Crippen LogP contribution in [-0.4, -0.2) is 14.1 Å². The maximum Gasteiger partial charge on any atom is 0.0813 e. The van der Waals surface area contributed by atoms with Gasteiger partial charge in [-0.25, -0.2) is 4.98 Å². The highest BCUT2D eigenvalue weighted by Gasteiger charge is 2.21. The van der Waals surface area contributed by atoms with E-state index in [4.69, 9.17) is 0 Å². The Hall–Kier alpha value is -4.93. The fraction of sp³-hybridized carbons (Fsp3) is 0. The molecule has 0 fully saturated rings. The first-order chi connectivity index (χ1) is 19.4. The minimum absolute atomic E-state index is 1.05. The number of aromatic nitrogens is 3. The van der Waals surface area contributed by atoms with Crippen molar-refractivity contribution >= 4 is 75.9 Å². The fourth-order valence-corrected chi connectivity index (χ4v) is 7.15. The number of thiazole rings is 1. The average Bonchev–Trinajstić information content (AvgIpc) is 3.69. The summed E-state index contributed by atoms with van der Waals surface area (Å²) in [5, 5.41) is 7.71. The van der Waals surface area contributed by atoms with E-state index in [9.17, 15) is 0 Å². The highest BCUT2D eigenvalue weighted by molar-refractivity contribution is 7.16. The summed E-state index contributed by atoms with van der Waals surface area (Å²) in [5.74, 6) is 0. The van der Waals surface area contributed by atoms with Crippen molar-refractivity contribution < 1.29 is 0 Å². The number of nitrogens with zero attached hydrogens (tertiary/aromatic N) is 3. The third kappa shape index (κ3) is 2.84. The van der Waals surface area contributed by atoms with E-state index in [1.807, 2.05) is 5.51 Å². The van der Waals surface area contributed by atoms with Crippen molar-refractivity contribution in [3.05, 3.63) is 127 Å². The van der Waals surface area contributed by atoms with Gasteiger partial charge in [-0.3, -0.25) is 0 Å². The van der Waals surface area contributed by atoms with Crippen LogP contribution < -0.4 is 0 Å². The number of fused-ring (bicyclic) bond motifs is 10. The van der Waals surface area contributed by atoms with Crippen LogP contribution in [0.1, 0.15) is 0 Å². The van der Waals surface area contributed by atoms with E-state index in [-0.39, 0.29) is 0 Å². The van der Waals surface area contributed by atoms with E-state index in [2.05, 4.69) is 135 Å². The molecule has 0 unspecified atom stereocenters. The van der Waals surface area contributed by atoms with Gasteiger partial charge >= 0.3 is 0 Å². The summed E-state index contributed by atoms with van der Waals surface area (Å²) < 4.78 is 6.04. The molecule has 3 heterocycles. The Morgan fingerprint density at radius 1 is 0.487 bits per heavy atom. The fourth-order valence-electron chi connectivity index (χ4n) is 6.44. The molecule has 0 aliphatic rings. The Bertz CT molecular complexity index is 2390. The van der Waals surface area contributed by atoms with Gasteiger partial charge < -0.3 is 9.13 Å². The first-order valence-corrected chi connectivity index (χ1v) is 14.0. The van der Waals surface area contributed by atoms with E-state index in [0.717, 1.165) is 11.2 Å². The van der Waals surface area contributed by atoms with E-state index in [0.29, 0.717) is 0 Å². The second kappa shape index (κ2) is 7.79. The zero-order valence-electron chi connectivity index (χ0n) is 20.9. The SMILES string of the molecule is c1ccc(-n2c3ccc4ccccc4c3c3c4c5ccccc5n(-c5ccc6ncsc6c5)c4ccc32)cc1. The molecule has 0 N–H and O–H groups in total. The van der Waals surface area contributed by atoms with Gasteiger partial charge in [0.2, 0.25) is 0 Å². The lowest BCUT2D eigenvalue weighted by molar-refractivity contribution is 1.17. The largest absolute Gasteiger partial charge is 0.309 e. The van der Waals surface area contributed by atoms with E-state index < -0.39 is 0 Å². The van der Waals surface area contributed by atoms with Crippen molar-refractivity contribution in [2.24, 2.45) is 0 Å². The highest BCUT2D eigenvalue weighted by Crippen LogP contribution is 2.44. The van der Waals surface area contributed by atoms with Crippen molar-refractivity contribution in [1.82, 2.24) is 14.1 Å². The molecule has 3 nitrogen and oxygen atoms in total. The Morgan fingerprint density at radius 2 is 1.15 bits per heavy atom. The van der Waals surface area contributed by atoms with Gasteiger partial charge in [-0.2, -0.15) is 0 Å². The first kappa shape index (κ1) is 21.1. The summed E-state index contributed by atoms with van der Waals surface area (Å²) in [5.41, 5.74) is 10.2. The first-order valence-electron chi connectivity index (χ1n) is 13.1. The predicted molar refractivity (Wildman–Crippen MR) is 166 cm³/mol. The summed E-state index contributed by atoms with van der Waals surface area (Å²) in [6.07, 6.45) is 0. The Labute approximate surface area is 227 Å². The highest BCUT2D eigenvalue weighted by atomic mass is 32.1. The summed E-state index contributed by atoms with van der Waals surface area (Å²) in [4.78, 5) is 4.51. The van der Waals surface area contributed by atoms with Crippen molar-refractivity contribution in [3.63, 3.8) is 0 Å². The number of benzene rings is 6. The molecule has 0 aliphatic heterocycles. The lowest BCUT2D eigenvalue weighted by Crippen LogP contribution is -1.94. The minimum atomic E-state index is 1.05. The average molecular weight is 516 g/mol. The minimum Gasteiger partial charge on any atom is -0.309 e. The lowest BCUT2D eigenvalue weighted by atomic mass is 10.0. The third-order valence-corrected chi connectivity index (χ3v) is 8.83. The van der Waals surface area contributed by atoms with Crippen LogP contribution in [0, 0.1) is 0 Å². The molecule has 6 aromatic carbocycles. The van der Waals surface area contributed by atoms with E-state index in [1.165, 1.54) is 64.8 Å². The molecule has 182 valence electrons. The molecule has 0 saturated heterocycles. The zero-order chi connectivity index (χ0) is 25.5. The van der Waals surface area contributed by atoms with E-state index in [1.54, 1.807) is 11.3 Å². The molecule has 0 radical (unpaired) electrons. The molecule has 39 heavy (non-hydrogen) atoms. The standard InChI is InChI=1S/C35H21N3S/c1-2-9-23(10-3-1)37-29-17-14-22-8-4-5-11-25(22)33(29)35-31(37)19-18-30-34(35)26-12-6-7-13-28(26)38(30)24-15-16-27-32(20-24)39-21-36-27/h1-21H. The van der Waals surface area contributed by atoms with Crippen LogP contribution in [0.2, 0.25) is 0 Å². The number of hydrogen-bond donors (Lipinski definition) is 0. The van der Waals surface area contributed by atoms with Crippen LogP contribution in [-0.2, 0) is 0 Å². The third-order valence-electron chi connectivity index (χ3n) is 8.04. The van der Waals surface area contributed by atoms with Crippen LogP contribution in [0.5, 0.6) is 0 Å². The number of hydrogen-bond acceptors (Lipinski definition) is 2. The molecular weight excluding hydrogens is 494 g/mol. The molecule has 0 amide bonds. The Kier molecular flexibility index (Phi) is 4.21. The topological polar surface area (TPSA) is 22.8 Å². The smallest absolute Gasteiger partial charge is 0.0813 e. The Morgan fingerprint density at radius 3 is 2.03 bits per heavy atom. The lowest BCUT2D eigenvalue weighted by Gasteiger charge is -2.09. The van der Waals surface area contributed by atoms with Gasteiger partial charge in [0, 0.05) is 32.9 Å². The van der Waals surface area contributed by atoms with Crippen molar-refractivity contribution in [2.45, 2.75) is 0 Å². The molecule has 0 saturated carbocycles. The molecule has 9 aromatic rings. The van der Waals surface area contributed by atoms with Crippen LogP contribution in [0.4, 0.5) is 0 Å². The van der Waals surface area contributed by atoms with E-state index >= 15 is 0 Å². The molecule has 3 aromatic heterocycles. The second-order valence-corrected chi connectivity index (χ2v) is 10.9. The second-order valence-electron chi connectivity index (χ2n) is 10.1. The predicted octanol–water partition coefficient (Wildman–Crippen LogP) is 9.64. The van der Waals surface area contributed by atoms with Crippen LogP contribution in [0.25, 0.3) is 76.0 Å². The monoisotopic (exact) mass is 515 g/mol. The summed E-state index contributed by atoms with van der Waals surface area (Å²) in [7, 11) is 0. The van der Waals surface area contributed by atoms with Gasteiger partial charge in [0.05, 0.1) is 37.8 Å². The normalized spacial score (nSPS) is 12.1. The molecule has 0 spiro atoms. The van der Waals surface area contributed by atoms with Gasteiger partial charge in [-0.05, 0) is 65.4 Å². The van der Waals surface area contributed by atoms with Crippen molar-refractivity contribution in [2.75, 3.05) is 0 Å². The molecule has 0 aliphatic carbocycles. The Balaban J connectivity index is 1.54. The maximum absolute atomic E-state index is 4.51. The van der Waals surface area contributed by atoms with Gasteiger partial charge in [0.25, 0.3) is 0 Å². The molecule has 0 bridgehead atoms. The quantitative estimate of drug-likeness (QED) is 0.225. The summed E-state index contributed by atoms with van der Waals surface area (Å²) in [6, 6.07) is 44.0. The molecule has 0 atom stereocenters. The summed E-state index contributed by atoms with van der Waals surface area (Å²) >= 11 is 1.69.